The molecule has 0 fully saturated rings. The van der Waals surface area contributed by atoms with Gasteiger partial charge in [-0.1, -0.05) is 26.8 Å². The van der Waals surface area contributed by atoms with Gasteiger partial charge in [-0.15, -0.1) is 0 Å². The molecular formula is C27H32FN3O5S. The minimum atomic E-state index is -4.24. The first-order valence-electron chi connectivity index (χ1n) is 11.9. The summed E-state index contributed by atoms with van der Waals surface area (Å²) in [6.07, 6.45) is 0.582. The van der Waals surface area contributed by atoms with Crippen molar-refractivity contribution >= 4 is 15.9 Å². The number of rotatable bonds is 10. The molecule has 0 radical (unpaired) electrons. The largest absolute Gasteiger partial charge is 0.493 e. The van der Waals surface area contributed by atoms with Gasteiger partial charge < -0.3 is 9.47 Å². The summed E-state index contributed by atoms with van der Waals surface area (Å²) in [6.45, 7) is 11.6. The third kappa shape index (κ3) is 7.48. The molecule has 3 aromatic rings. The van der Waals surface area contributed by atoms with E-state index in [-0.39, 0.29) is 22.4 Å². The van der Waals surface area contributed by atoms with Crippen LogP contribution in [0.1, 0.15) is 57.1 Å². The van der Waals surface area contributed by atoms with Crippen molar-refractivity contribution < 1.29 is 27.1 Å². The number of aromatic nitrogens is 2. The number of aryl methyl sites for hydroxylation is 1. The molecule has 0 aliphatic rings. The molecule has 198 valence electrons. The van der Waals surface area contributed by atoms with E-state index in [0.29, 0.717) is 35.7 Å². The molecule has 2 aromatic heterocycles. The molecule has 0 bridgehead atoms. The number of hydrogen-bond acceptors (Lipinski definition) is 7. The Kier molecular flexibility index (Phi) is 8.53. The van der Waals surface area contributed by atoms with Gasteiger partial charge in [-0.2, -0.15) is 8.42 Å². The summed E-state index contributed by atoms with van der Waals surface area (Å²) in [4.78, 5) is 21.6. The molecule has 8 nitrogen and oxygen atoms in total. The average molecular weight is 530 g/mol. The van der Waals surface area contributed by atoms with E-state index in [1.54, 1.807) is 19.1 Å². The van der Waals surface area contributed by atoms with Gasteiger partial charge in [0.25, 0.3) is 15.9 Å². The number of hydrogen-bond donors (Lipinski definition) is 1. The van der Waals surface area contributed by atoms with Crippen molar-refractivity contribution in [3.8, 4) is 22.9 Å². The maximum absolute atomic E-state index is 14.4. The smallest absolute Gasteiger partial charge is 0.281 e. The Hall–Kier alpha value is -3.53. The molecule has 1 amide bonds. The van der Waals surface area contributed by atoms with E-state index < -0.39 is 27.3 Å². The fraction of sp³-hybridized carbons (Fsp3) is 0.370. The van der Waals surface area contributed by atoms with Crippen LogP contribution in [0.15, 0.2) is 53.6 Å². The maximum atomic E-state index is 14.4. The first-order valence-corrected chi connectivity index (χ1v) is 13.4. The van der Waals surface area contributed by atoms with E-state index in [4.69, 9.17) is 9.47 Å². The van der Waals surface area contributed by atoms with Crippen LogP contribution in [0.4, 0.5) is 4.39 Å². The molecule has 0 aliphatic carbocycles. The van der Waals surface area contributed by atoms with Crippen LogP contribution in [-0.4, -0.2) is 36.5 Å². The van der Waals surface area contributed by atoms with Gasteiger partial charge in [0.05, 0.1) is 12.3 Å². The highest BCUT2D eigenvalue weighted by molar-refractivity contribution is 7.90. The highest BCUT2D eigenvalue weighted by Crippen LogP contribution is 2.30. The number of ether oxygens (including phenoxy) is 2. The molecule has 0 spiro atoms. The van der Waals surface area contributed by atoms with Crippen LogP contribution in [0, 0.1) is 18.7 Å². The van der Waals surface area contributed by atoms with Crippen LogP contribution in [0.5, 0.6) is 11.6 Å². The number of halogens is 1. The van der Waals surface area contributed by atoms with Crippen molar-refractivity contribution in [3.05, 3.63) is 65.6 Å². The van der Waals surface area contributed by atoms with Crippen molar-refractivity contribution in [3.63, 3.8) is 0 Å². The number of pyridine rings is 2. The zero-order valence-electron chi connectivity index (χ0n) is 21.8. The fourth-order valence-electron chi connectivity index (χ4n) is 3.14. The first-order chi connectivity index (χ1) is 17.3. The monoisotopic (exact) mass is 529 g/mol. The van der Waals surface area contributed by atoms with Gasteiger partial charge >= 0.3 is 0 Å². The van der Waals surface area contributed by atoms with Crippen molar-refractivity contribution in [2.24, 2.45) is 5.92 Å². The van der Waals surface area contributed by atoms with Crippen LogP contribution in [0.2, 0.25) is 0 Å². The minimum Gasteiger partial charge on any atom is -0.493 e. The number of nitrogens with zero attached hydrogens (tertiary/aromatic N) is 2. The third-order valence-corrected chi connectivity index (χ3v) is 6.68. The predicted molar refractivity (Wildman–Crippen MR) is 139 cm³/mol. The van der Waals surface area contributed by atoms with Crippen molar-refractivity contribution in [1.82, 2.24) is 14.7 Å². The normalized spacial score (nSPS) is 11.9. The highest BCUT2D eigenvalue weighted by atomic mass is 32.2. The lowest BCUT2D eigenvalue weighted by Crippen LogP contribution is -2.33. The van der Waals surface area contributed by atoms with Crippen LogP contribution in [0.3, 0.4) is 0 Å². The van der Waals surface area contributed by atoms with Crippen LogP contribution in [0.25, 0.3) is 11.3 Å². The van der Waals surface area contributed by atoms with Crippen LogP contribution >= 0.6 is 0 Å². The fourth-order valence-corrected chi connectivity index (χ4v) is 4.12. The van der Waals surface area contributed by atoms with E-state index in [1.807, 2.05) is 39.3 Å². The minimum absolute atomic E-state index is 0.0804. The molecule has 37 heavy (non-hydrogen) atoms. The zero-order valence-corrected chi connectivity index (χ0v) is 22.6. The summed E-state index contributed by atoms with van der Waals surface area (Å²) in [5.74, 6) is -0.911. The van der Waals surface area contributed by atoms with Crippen LogP contribution < -0.4 is 14.2 Å². The molecule has 0 unspecified atom stereocenters. The number of nitrogens with one attached hydrogen (secondary N) is 1. The van der Waals surface area contributed by atoms with Gasteiger partial charge in [-0.3, -0.25) is 4.79 Å². The Balaban J connectivity index is 2.01. The van der Waals surface area contributed by atoms with Gasteiger partial charge in [-0.05, 0) is 69.5 Å². The van der Waals surface area contributed by atoms with Gasteiger partial charge in [0, 0.05) is 17.3 Å². The van der Waals surface area contributed by atoms with Gasteiger partial charge in [0.15, 0.2) is 5.03 Å². The predicted octanol–water partition coefficient (Wildman–Crippen LogP) is 5.31. The Bertz CT molecular complexity index is 1390. The first kappa shape index (κ1) is 28.0. The molecule has 1 N–H and O–H groups in total. The second kappa shape index (κ2) is 11.2. The van der Waals surface area contributed by atoms with E-state index in [0.717, 1.165) is 0 Å². The standard InChI is InChI=1S/C27H32FN3O5S/c1-7-27(5,6)36-26-22(25(32)31-37(33,34)24-10-8-9-18(4)29-24)11-12-23(30-26)19-13-20(28)15-21(14-19)35-16-17(2)3/h8-15,17H,7,16H2,1-6H3,(H,31,32). The van der Waals surface area contributed by atoms with E-state index in [2.05, 4.69) is 9.97 Å². The van der Waals surface area contributed by atoms with Crippen molar-refractivity contribution in [1.29, 1.82) is 0 Å². The summed E-state index contributed by atoms with van der Waals surface area (Å²) in [6, 6.07) is 11.6. The summed E-state index contributed by atoms with van der Waals surface area (Å²) in [7, 11) is -4.24. The number of benzene rings is 1. The SMILES string of the molecule is CCC(C)(C)Oc1nc(-c2cc(F)cc(OCC(C)C)c2)ccc1C(=O)NS(=O)(=O)c1cccc(C)n1. The lowest BCUT2D eigenvalue weighted by Gasteiger charge is -2.25. The summed E-state index contributed by atoms with van der Waals surface area (Å²) < 4.78 is 53.7. The van der Waals surface area contributed by atoms with E-state index in [1.165, 1.54) is 36.4 Å². The van der Waals surface area contributed by atoms with E-state index >= 15 is 0 Å². The molecule has 0 saturated heterocycles. The molecule has 0 aliphatic heterocycles. The van der Waals surface area contributed by atoms with Gasteiger partial charge in [-0.25, -0.2) is 19.1 Å². The van der Waals surface area contributed by atoms with Crippen molar-refractivity contribution in [2.45, 2.75) is 58.6 Å². The zero-order chi connectivity index (χ0) is 27.4. The molecule has 3 rings (SSSR count). The maximum Gasteiger partial charge on any atom is 0.281 e. The van der Waals surface area contributed by atoms with Crippen molar-refractivity contribution in [2.75, 3.05) is 6.61 Å². The second-order valence-corrected chi connectivity index (χ2v) is 11.3. The Labute approximate surface area is 217 Å². The van der Waals surface area contributed by atoms with E-state index in [9.17, 15) is 17.6 Å². The molecule has 0 saturated carbocycles. The Morgan fingerprint density at radius 1 is 1.11 bits per heavy atom. The number of carbonyl (C=O) groups excluding carboxylic acids is 1. The quantitative estimate of drug-likeness (QED) is 0.379. The Morgan fingerprint density at radius 3 is 2.49 bits per heavy atom. The summed E-state index contributed by atoms with van der Waals surface area (Å²) >= 11 is 0. The lowest BCUT2D eigenvalue weighted by molar-refractivity contribution is 0.0897. The van der Waals surface area contributed by atoms with Gasteiger partial charge in [0.1, 0.15) is 22.7 Å². The number of carbonyl (C=O) groups is 1. The molecule has 10 heteroatoms. The Morgan fingerprint density at radius 2 is 1.84 bits per heavy atom. The average Bonchev–Trinajstić information content (AvgIpc) is 2.82. The van der Waals surface area contributed by atoms with Gasteiger partial charge in [0.2, 0.25) is 5.88 Å². The summed E-state index contributed by atoms with van der Waals surface area (Å²) in [5, 5.41) is -0.282. The summed E-state index contributed by atoms with van der Waals surface area (Å²) in [5.41, 5.74) is 0.429. The van der Waals surface area contributed by atoms with Crippen LogP contribution in [-0.2, 0) is 10.0 Å². The second-order valence-electron chi connectivity index (χ2n) is 9.70. The molecule has 0 atom stereocenters. The topological polar surface area (TPSA) is 107 Å². The molecule has 2 heterocycles. The highest BCUT2D eigenvalue weighted by Gasteiger charge is 2.27. The third-order valence-electron chi connectivity index (χ3n) is 5.44. The number of amides is 1. The molecular weight excluding hydrogens is 497 g/mol. The molecule has 1 aromatic carbocycles. The number of sulfonamides is 1. The lowest BCUT2D eigenvalue weighted by atomic mass is 10.1.